The van der Waals surface area contributed by atoms with Crippen LogP contribution in [0.25, 0.3) is 49.4 Å². The molecule has 6 rings (SSSR count). The number of hydrogen-bond donors (Lipinski definition) is 0. The van der Waals surface area contributed by atoms with E-state index in [4.69, 9.17) is 4.42 Å². The fraction of sp³-hybridized carbons (Fsp3) is 0. The normalized spacial score (nSPS) is 11.9. The second-order valence-electron chi connectivity index (χ2n) is 6.74. The summed E-state index contributed by atoms with van der Waals surface area (Å²) in [6.07, 6.45) is 0. The number of hydrogen-bond acceptors (Lipinski definition) is 1. The van der Waals surface area contributed by atoms with Crippen molar-refractivity contribution in [2.24, 2.45) is 0 Å². The highest BCUT2D eigenvalue weighted by atomic mass is 79.9. The molecule has 0 atom stereocenters. The number of benzene rings is 4. The molecular formula is C24H14BrNO. The van der Waals surface area contributed by atoms with Gasteiger partial charge in [0.2, 0.25) is 0 Å². The van der Waals surface area contributed by atoms with Crippen LogP contribution in [-0.4, -0.2) is 4.57 Å². The van der Waals surface area contributed by atoms with Crippen molar-refractivity contribution in [1.29, 1.82) is 0 Å². The summed E-state index contributed by atoms with van der Waals surface area (Å²) < 4.78 is 9.69. The van der Waals surface area contributed by atoms with Crippen molar-refractivity contribution in [3.8, 4) is 5.69 Å². The van der Waals surface area contributed by atoms with Gasteiger partial charge in [0.1, 0.15) is 5.58 Å². The predicted molar refractivity (Wildman–Crippen MR) is 116 cm³/mol. The molecule has 0 unspecified atom stereocenters. The van der Waals surface area contributed by atoms with Gasteiger partial charge in [0, 0.05) is 26.0 Å². The Morgan fingerprint density at radius 1 is 0.630 bits per heavy atom. The van der Waals surface area contributed by atoms with E-state index >= 15 is 0 Å². The van der Waals surface area contributed by atoms with Crippen LogP contribution in [0.4, 0.5) is 0 Å². The van der Waals surface area contributed by atoms with Gasteiger partial charge in [0.05, 0.1) is 16.7 Å². The minimum Gasteiger partial charge on any atom is -0.454 e. The summed E-state index contributed by atoms with van der Waals surface area (Å²) in [5.74, 6) is 0. The molecule has 0 saturated carbocycles. The lowest BCUT2D eigenvalue weighted by Crippen LogP contribution is -1.94. The van der Waals surface area contributed by atoms with E-state index in [2.05, 4.69) is 93.3 Å². The Morgan fingerprint density at radius 3 is 1.93 bits per heavy atom. The standard InChI is InChI=1S/C24H14BrNO/c25-18-13-14-21(24-23(18)17-9-3-6-12-22(17)27-24)26-19-10-4-1-7-15(19)16-8-2-5-11-20(16)26/h1-14H. The van der Waals surface area contributed by atoms with Crippen molar-refractivity contribution >= 4 is 59.7 Å². The fourth-order valence-electron chi connectivity index (χ4n) is 4.13. The summed E-state index contributed by atoms with van der Waals surface area (Å²) >= 11 is 3.72. The summed E-state index contributed by atoms with van der Waals surface area (Å²) in [7, 11) is 0. The van der Waals surface area contributed by atoms with E-state index in [9.17, 15) is 0 Å². The summed E-state index contributed by atoms with van der Waals surface area (Å²) in [5, 5.41) is 4.74. The zero-order valence-corrected chi connectivity index (χ0v) is 15.9. The zero-order valence-electron chi connectivity index (χ0n) is 14.3. The predicted octanol–water partition coefficient (Wildman–Crippen LogP) is 7.45. The molecule has 0 amide bonds. The molecule has 0 saturated heterocycles. The van der Waals surface area contributed by atoms with Crippen LogP contribution in [0.5, 0.6) is 0 Å². The number of nitrogens with zero attached hydrogens (tertiary/aromatic N) is 1. The monoisotopic (exact) mass is 411 g/mol. The maximum absolute atomic E-state index is 6.34. The topological polar surface area (TPSA) is 18.1 Å². The van der Waals surface area contributed by atoms with Crippen LogP contribution in [-0.2, 0) is 0 Å². The van der Waals surface area contributed by atoms with E-state index in [0.29, 0.717) is 0 Å². The molecule has 0 fully saturated rings. The maximum Gasteiger partial charge on any atom is 0.160 e. The third-order valence-electron chi connectivity index (χ3n) is 5.28. The van der Waals surface area contributed by atoms with Crippen LogP contribution in [0, 0.1) is 0 Å². The maximum atomic E-state index is 6.34. The highest BCUT2D eigenvalue weighted by molar-refractivity contribution is 9.10. The first-order chi connectivity index (χ1) is 13.3. The number of rotatable bonds is 1. The molecule has 0 radical (unpaired) electrons. The number of aromatic nitrogens is 1. The Hall–Kier alpha value is -3.04. The Bertz CT molecular complexity index is 1440. The molecule has 0 N–H and O–H groups in total. The van der Waals surface area contributed by atoms with Crippen molar-refractivity contribution in [1.82, 2.24) is 4.57 Å². The van der Waals surface area contributed by atoms with Crippen LogP contribution in [0.2, 0.25) is 0 Å². The lowest BCUT2D eigenvalue weighted by molar-refractivity contribution is 0.666. The number of para-hydroxylation sites is 3. The Balaban J connectivity index is 1.85. The first kappa shape index (κ1) is 15.1. The van der Waals surface area contributed by atoms with Crippen LogP contribution in [0.1, 0.15) is 0 Å². The Labute approximate surface area is 163 Å². The van der Waals surface area contributed by atoms with E-state index in [0.717, 1.165) is 32.1 Å². The number of furan rings is 1. The van der Waals surface area contributed by atoms with Gasteiger partial charge in [0.15, 0.2) is 5.58 Å². The van der Waals surface area contributed by atoms with E-state index in [1.165, 1.54) is 21.8 Å². The van der Waals surface area contributed by atoms with Gasteiger partial charge in [-0.05, 0) is 30.3 Å². The Kier molecular flexibility index (Phi) is 3.06. The molecule has 2 heterocycles. The number of halogens is 1. The fourth-order valence-corrected chi connectivity index (χ4v) is 4.66. The largest absolute Gasteiger partial charge is 0.454 e. The second kappa shape index (κ2) is 5.48. The first-order valence-corrected chi connectivity index (χ1v) is 9.70. The molecule has 2 aromatic heterocycles. The molecule has 0 spiro atoms. The molecule has 128 valence electrons. The van der Waals surface area contributed by atoms with Gasteiger partial charge in [0.25, 0.3) is 0 Å². The minimum atomic E-state index is 0.900. The molecular weight excluding hydrogens is 398 g/mol. The quantitative estimate of drug-likeness (QED) is 0.274. The van der Waals surface area contributed by atoms with Gasteiger partial charge >= 0.3 is 0 Å². The summed E-state index contributed by atoms with van der Waals surface area (Å²) in [6.45, 7) is 0. The van der Waals surface area contributed by atoms with E-state index in [-0.39, 0.29) is 0 Å². The van der Waals surface area contributed by atoms with Crippen molar-refractivity contribution in [2.75, 3.05) is 0 Å². The molecule has 27 heavy (non-hydrogen) atoms. The van der Waals surface area contributed by atoms with Gasteiger partial charge in [-0.15, -0.1) is 0 Å². The minimum absolute atomic E-state index is 0.900. The van der Waals surface area contributed by atoms with Crippen LogP contribution in [0.15, 0.2) is 93.8 Å². The third-order valence-corrected chi connectivity index (χ3v) is 5.94. The lowest BCUT2D eigenvalue weighted by atomic mass is 10.1. The Morgan fingerprint density at radius 2 is 1.22 bits per heavy atom. The molecule has 0 aliphatic carbocycles. The average molecular weight is 412 g/mol. The van der Waals surface area contributed by atoms with Gasteiger partial charge < -0.3 is 8.98 Å². The smallest absolute Gasteiger partial charge is 0.160 e. The lowest BCUT2D eigenvalue weighted by Gasteiger charge is -2.09. The molecule has 6 aromatic rings. The highest BCUT2D eigenvalue weighted by Crippen LogP contribution is 2.40. The van der Waals surface area contributed by atoms with Gasteiger partial charge in [-0.1, -0.05) is 70.5 Å². The van der Waals surface area contributed by atoms with Crippen LogP contribution in [0.3, 0.4) is 0 Å². The average Bonchev–Trinajstić information content (AvgIpc) is 3.26. The van der Waals surface area contributed by atoms with E-state index in [1.807, 2.05) is 12.1 Å². The third kappa shape index (κ3) is 2.00. The van der Waals surface area contributed by atoms with Crippen molar-refractivity contribution in [2.45, 2.75) is 0 Å². The summed E-state index contributed by atoms with van der Waals surface area (Å²) in [6, 6.07) is 29.5. The van der Waals surface area contributed by atoms with Gasteiger partial charge in [-0.25, -0.2) is 0 Å². The molecule has 3 heteroatoms. The molecule has 0 aliphatic rings. The molecule has 0 aliphatic heterocycles. The zero-order chi connectivity index (χ0) is 18.0. The van der Waals surface area contributed by atoms with Crippen LogP contribution < -0.4 is 0 Å². The van der Waals surface area contributed by atoms with E-state index < -0.39 is 0 Å². The van der Waals surface area contributed by atoms with Crippen molar-refractivity contribution in [3.63, 3.8) is 0 Å². The molecule has 4 aromatic carbocycles. The van der Waals surface area contributed by atoms with Crippen molar-refractivity contribution in [3.05, 3.63) is 89.4 Å². The first-order valence-electron chi connectivity index (χ1n) is 8.91. The van der Waals surface area contributed by atoms with E-state index in [1.54, 1.807) is 0 Å². The highest BCUT2D eigenvalue weighted by Gasteiger charge is 2.18. The van der Waals surface area contributed by atoms with Crippen LogP contribution >= 0.6 is 15.9 Å². The second-order valence-corrected chi connectivity index (χ2v) is 7.59. The number of fused-ring (bicyclic) bond motifs is 6. The molecule has 0 bridgehead atoms. The van der Waals surface area contributed by atoms with Gasteiger partial charge in [-0.2, -0.15) is 0 Å². The molecule has 2 nitrogen and oxygen atoms in total. The van der Waals surface area contributed by atoms with Crippen molar-refractivity contribution < 1.29 is 4.42 Å². The summed E-state index contributed by atoms with van der Waals surface area (Å²) in [4.78, 5) is 0. The van der Waals surface area contributed by atoms with Gasteiger partial charge in [-0.3, -0.25) is 0 Å². The summed E-state index contributed by atoms with van der Waals surface area (Å²) in [5.41, 5.74) is 5.23. The SMILES string of the molecule is Brc1ccc(-n2c3ccccc3c3ccccc32)c2oc3ccccc3c12.